The molecule has 0 aromatic carbocycles. The Morgan fingerprint density at radius 2 is 1.79 bits per heavy atom. The van der Waals surface area contributed by atoms with E-state index in [2.05, 4.69) is 19.9 Å². The van der Waals surface area contributed by atoms with Gasteiger partial charge in [-0.05, 0) is 44.0 Å². The van der Waals surface area contributed by atoms with Gasteiger partial charge in [0.05, 0.1) is 5.56 Å². The Kier molecular flexibility index (Phi) is 5.92. The second-order valence-electron chi connectivity index (χ2n) is 7.78. The van der Waals surface area contributed by atoms with Crippen molar-refractivity contribution in [2.45, 2.75) is 19.3 Å². The maximum atomic E-state index is 12.9. The lowest BCUT2D eigenvalue weighted by atomic mass is 9.95. The minimum Gasteiger partial charge on any atom is -0.396 e. The maximum Gasteiger partial charge on any atom is 0.257 e. The van der Waals surface area contributed by atoms with Crippen molar-refractivity contribution in [1.29, 1.82) is 0 Å². The van der Waals surface area contributed by atoms with Crippen LogP contribution in [-0.4, -0.2) is 75.1 Å². The number of carbonyl (C=O) groups excluding carboxylic acids is 1. The first kappa shape index (κ1) is 19.0. The fourth-order valence-corrected chi connectivity index (χ4v) is 4.24. The molecule has 4 rings (SSSR count). The van der Waals surface area contributed by atoms with Gasteiger partial charge in [-0.25, -0.2) is 9.97 Å². The third-order valence-electron chi connectivity index (χ3n) is 5.83. The minimum absolute atomic E-state index is 0.0628. The van der Waals surface area contributed by atoms with Crippen molar-refractivity contribution in [2.75, 3.05) is 39.3 Å². The Labute approximate surface area is 165 Å². The maximum absolute atomic E-state index is 12.9. The quantitative estimate of drug-likeness (QED) is 0.849. The number of amides is 1. The molecule has 0 saturated carbocycles. The molecule has 0 unspecified atom stereocenters. The van der Waals surface area contributed by atoms with Gasteiger partial charge in [0.1, 0.15) is 5.69 Å². The van der Waals surface area contributed by atoms with Gasteiger partial charge in [0.25, 0.3) is 5.91 Å². The van der Waals surface area contributed by atoms with Crippen LogP contribution in [0.4, 0.5) is 0 Å². The van der Waals surface area contributed by atoms with E-state index in [4.69, 9.17) is 0 Å². The summed E-state index contributed by atoms with van der Waals surface area (Å²) < 4.78 is 0. The number of pyridine rings is 1. The summed E-state index contributed by atoms with van der Waals surface area (Å²) in [4.78, 5) is 30.1. The number of aliphatic hydroxyl groups excluding tert-OH is 1. The number of piperidine rings is 1. The van der Waals surface area contributed by atoms with E-state index in [1.165, 1.54) is 19.3 Å². The predicted octanol–water partition coefficient (Wildman–Crippen LogP) is 1.70. The van der Waals surface area contributed by atoms with Crippen LogP contribution in [0.15, 0.2) is 36.8 Å². The van der Waals surface area contributed by atoms with Crippen molar-refractivity contribution >= 4 is 5.91 Å². The molecule has 0 spiro atoms. The average Bonchev–Trinajstić information content (AvgIpc) is 3.17. The predicted molar refractivity (Wildman–Crippen MR) is 106 cm³/mol. The van der Waals surface area contributed by atoms with Crippen LogP contribution < -0.4 is 0 Å². The molecule has 1 amide bonds. The van der Waals surface area contributed by atoms with E-state index in [9.17, 15) is 9.90 Å². The largest absolute Gasteiger partial charge is 0.396 e. The first-order chi connectivity index (χ1) is 13.7. The van der Waals surface area contributed by atoms with Crippen LogP contribution in [-0.2, 0) is 0 Å². The summed E-state index contributed by atoms with van der Waals surface area (Å²) in [6.07, 6.45) is 8.65. The third kappa shape index (κ3) is 4.20. The number of nitrogens with zero attached hydrogens (tertiary/aromatic N) is 5. The molecule has 2 aliphatic rings. The molecule has 2 saturated heterocycles. The molecule has 0 aliphatic carbocycles. The lowest BCUT2D eigenvalue weighted by Gasteiger charge is -2.30. The Morgan fingerprint density at radius 3 is 2.46 bits per heavy atom. The summed E-state index contributed by atoms with van der Waals surface area (Å²) in [6, 6.07) is 5.56. The normalized spacial score (nSPS) is 23.1. The molecule has 2 fully saturated rings. The fraction of sp³-hybridized carbons (Fsp3) is 0.524. The molecule has 2 atom stereocenters. The smallest absolute Gasteiger partial charge is 0.257 e. The number of hydrogen-bond acceptors (Lipinski definition) is 6. The molecule has 2 aromatic rings. The molecule has 148 valence electrons. The first-order valence-corrected chi connectivity index (χ1v) is 10.1. The van der Waals surface area contributed by atoms with Crippen molar-refractivity contribution in [3.05, 3.63) is 42.4 Å². The second kappa shape index (κ2) is 8.75. The van der Waals surface area contributed by atoms with Gasteiger partial charge in [0, 0.05) is 50.7 Å². The van der Waals surface area contributed by atoms with E-state index < -0.39 is 0 Å². The minimum atomic E-state index is -0.0628. The molecular weight excluding hydrogens is 354 g/mol. The summed E-state index contributed by atoms with van der Waals surface area (Å²) >= 11 is 0. The second-order valence-corrected chi connectivity index (χ2v) is 7.78. The number of hydrogen-bond donors (Lipinski definition) is 1. The van der Waals surface area contributed by atoms with E-state index in [1.807, 2.05) is 23.1 Å². The molecule has 7 heteroatoms. The van der Waals surface area contributed by atoms with Crippen LogP contribution in [0.5, 0.6) is 0 Å². The van der Waals surface area contributed by atoms with Gasteiger partial charge >= 0.3 is 0 Å². The van der Waals surface area contributed by atoms with Crippen LogP contribution in [0.1, 0.15) is 29.6 Å². The highest BCUT2D eigenvalue weighted by Crippen LogP contribution is 2.26. The first-order valence-electron chi connectivity index (χ1n) is 10.1. The summed E-state index contributed by atoms with van der Waals surface area (Å²) in [5.74, 6) is 0.905. The van der Waals surface area contributed by atoms with Crippen LogP contribution >= 0.6 is 0 Å². The fourth-order valence-electron chi connectivity index (χ4n) is 4.24. The van der Waals surface area contributed by atoms with E-state index in [0.717, 1.165) is 19.6 Å². The number of rotatable bonds is 5. The highest BCUT2D eigenvalue weighted by Gasteiger charge is 2.36. The number of carbonyl (C=O) groups is 1. The molecule has 2 aliphatic heterocycles. The molecule has 2 aromatic heterocycles. The van der Waals surface area contributed by atoms with Crippen LogP contribution in [0, 0.1) is 11.8 Å². The Morgan fingerprint density at radius 1 is 1.04 bits per heavy atom. The van der Waals surface area contributed by atoms with E-state index in [1.54, 1.807) is 18.6 Å². The summed E-state index contributed by atoms with van der Waals surface area (Å²) in [5.41, 5.74) is 1.17. The third-order valence-corrected chi connectivity index (χ3v) is 5.83. The number of likely N-dealkylation sites (tertiary alicyclic amines) is 2. The van der Waals surface area contributed by atoms with Gasteiger partial charge in [0.15, 0.2) is 5.82 Å². The lowest BCUT2D eigenvalue weighted by molar-refractivity contribution is 0.0777. The standard InChI is InChI=1S/C21H27N5O2/c27-15-18-14-26(13-17(18)12-25-8-4-1-5-9-25)21(28)16-10-23-20(24-11-16)19-6-2-3-7-22-19/h2-3,6-7,10-11,17-18,27H,1,4-5,8-9,12-15H2/t17-,18-/m0/s1. The molecule has 0 radical (unpaired) electrons. The SMILES string of the molecule is O=C(c1cnc(-c2ccccn2)nc1)N1C[C@@H](CO)[C@@H](CN2CCCCC2)C1. The van der Waals surface area contributed by atoms with E-state index in [0.29, 0.717) is 36.1 Å². The van der Waals surface area contributed by atoms with Gasteiger partial charge in [-0.3, -0.25) is 9.78 Å². The molecule has 7 nitrogen and oxygen atoms in total. The van der Waals surface area contributed by atoms with Gasteiger partial charge in [-0.1, -0.05) is 12.5 Å². The highest BCUT2D eigenvalue weighted by atomic mass is 16.3. The van der Waals surface area contributed by atoms with Crippen molar-refractivity contribution < 1.29 is 9.90 Å². The van der Waals surface area contributed by atoms with Crippen LogP contribution in [0.3, 0.4) is 0 Å². The molecular formula is C21H27N5O2. The van der Waals surface area contributed by atoms with Gasteiger partial charge in [0.2, 0.25) is 0 Å². The Balaban J connectivity index is 1.41. The molecule has 0 bridgehead atoms. The summed E-state index contributed by atoms with van der Waals surface area (Å²) in [5, 5.41) is 9.81. The molecule has 4 heterocycles. The highest BCUT2D eigenvalue weighted by molar-refractivity contribution is 5.94. The van der Waals surface area contributed by atoms with Gasteiger partial charge < -0.3 is 14.9 Å². The molecule has 1 N–H and O–H groups in total. The Hall–Kier alpha value is -2.38. The van der Waals surface area contributed by atoms with Crippen LogP contribution in [0.25, 0.3) is 11.5 Å². The number of aliphatic hydroxyl groups is 1. The van der Waals surface area contributed by atoms with Gasteiger partial charge in [-0.2, -0.15) is 0 Å². The van der Waals surface area contributed by atoms with Crippen LogP contribution in [0.2, 0.25) is 0 Å². The lowest BCUT2D eigenvalue weighted by Crippen LogP contribution is -2.37. The average molecular weight is 381 g/mol. The van der Waals surface area contributed by atoms with Gasteiger partial charge in [-0.15, -0.1) is 0 Å². The van der Waals surface area contributed by atoms with E-state index in [-0.39, 0.29) is 18.4 Å². The number of aromatic nitrogens is 3. The van der Waals surface area contributed by atoms with Crippen molar-refractivity contribution in [3.63, 3.8) is 0 Å². The molecule has 28 heavy (non-hydrogen) atoms. The zero-order valence-electron chi connectivity index (χ0n) is 16.1. The van der Waals surface area contributed by atoms with Crippen molar-refractivity contribution in [2.24, 2.45) is 11.8 Å². The van der Waals surface area contributed by atoms with Crippen molar-refractivity contribution in [1.82, 2.24) is 24.8 Å². The zero-order chi connectivity index (χ0) is 19.3. The topological polar surface area (TPSA) is 82.5 Å². The summed E-state index contributed by atoms with van der Waals surface area (Å²) in [6.45, 7) is 4.62. The zero-order valence-corrected chi connectivity index (χ0v) is 16.1. The summed E-state index contributed by atoms with van der Waals surface area (Å²) in [7, 11) is 0. The van der Waals surface area contributed by atoms with Crippen molar-refractivity contribution in [3.8, 4) is 11.5 Å². The van der Waals surface area contributed by atoms with E-state index >= 15 is 0 Å². The Bertz CT molecular complexity index is 777. The monoisotopic (exact) mass is 381 g/mol.